The van der Waals surface area contributed by atoms with Crippen molar-refractivity contribution >= 4 is 11.9 Å². The molecule has 0 radical (unpaired) electrons. The molecule has 0 saturated carbocycles. The number of carboxylic acids is 1. The Balaban J connectivity index is 4.12. The Morgan fingerprint density at radius 2 is 2.17 bits per heavy atom. The topological polar surface area (TPSA) is 66.8 Å². The van der Waals surface area contributed by atoms with Gasteiger partial charge >= 0.3 is 5.97 Å². The van der Waals surface area contributed by atoms with E-state index in [1.807, 2.05) is 13.8 Å². The third-order valence-corrected chi connectivity index (χ3v) is 2.66. The van der Waals surface area contributed by atoms with E-state index in [1.54, 1.807) is 6.08 Å². The van der Waals surface area contributed by atoms with Crippen molar-refractivity contribution in [2.24, 2.45) is 0 Å². The monoisotopic (exact) mass is 257 g/mol. The lowest BCUT2D eigenvalue weighted by atomic mass is 10.2. The maximum atomic E-state index is 11.9. The first-order chi connectivity index (χ1) is 8.52. The molecule has 0 spiro atoms. The number of hydrogen-bond acceptors (Lipinski definition) is 3. The Bertz CT molecular complexity index is 278. The molecule has 0 heterocycles. The van der Waals surface area contributed by atoms with Crippen LogP contribution in [0.4, 0.5) is 0 Å². The molecule has 5 heteroatoms. The van der Waals surface area contributed by atoms with Gasteiger partial charge in [0.2, 0.25) is 5.91 Å². The zero-order valence-corrected chi connectivity index (χ0v) is 11.2. The number of rotatable bonds is 10. The van der Waals surface area contributed by atoms with E-state index in [9.17, 15) is 9.59 Å². The predicted molar refractivity (Wildman–Crippen MR) is 69.4 cm³/mol. The average molecular weight is 257 g/mol. The van der Waals surface area contributed by atoms with Crippen LogP contribution >= 0.6 is 0 Å². The largest absolute Gasteiger partial charge is 0.480 e. The minimum Gasteiger partial charge on any atom is -0.480 e. The van der Waals surface area contributed by atoms with E-state index in [0.717, 1.165) is 6.42 Å². The summed E-state index contributed by atoms with van der Waals surface area (Å²) in [5.74, 6) is -1.11. The van der Waals surface area contributed by atoms with Crippen molar-refractivity contribution in [3.8, 4) is 0 Å². The van der Waals surface area contributed by atoms with E-state index in [1.165, 1.54) is 4.90 Å². The second kappa shape index (κ2) is 9.65. The highest BCUT2D eigenvalue weighted by Crippen LogP contribution is 2.07. The first-order valence-electron chi connectivity index (χ1n) is 6.22. The summed E-state index contributed by atoms with van der Waals surface area (Å²) in [6.45, 7) is 8.03. The minimum atomic E-state index is -0.980. The summed E-state index contributed by atoms with van der Waals surface area (Å²) in [6.07, 6.45) is 3.30. The number of carboxylic acid groups (broad SMARTS) is 1. The lowest BCUT2D eigenvalue weighted by molar-refractivity contribution is -0.146. The quantitative estimate of drug-likeness (QED) is 0.477. The molecule has 1 amide bonds. The summed E-state index contributed by atoms with van der Waals surface area (Å²) in [5, 5.41) is 8.79. The third kappa shape index (κ3) is 7.06. The van der Waals surface area contributed by atoms with E-state index >= 15 is 0 Å². The van der Waals surface area contributed by atoms with Gasteiger partial charge in [0, 0.05) is 19.1 Å². The number of aliphatic carboxylic acids is 1. The fraction of sp³-hybridized carbons (Fsp3) is 0.692. The molecule has 0 fully saturated rings. The number of carbonyl (C=O) groups is 2. The van der Waals surface area contributed by atoms with E-state index in [2.05, 4.69) is 6.58 Å². The van der Waals surface area contributed by atoms with Crippen LogP contribution in [0.25, 0.3) is 0 Å². The molecule has 18 heavy (non-hydrogen) atoms. The maximum absolute atomic E-state index is 11.9. The van der Waals surface area contributed by atoms with Crippen LogP contribution in [0.1, 0.15) is 33.1 Å². The van der Waals surface area contributed by atoms with E-state index in [-0.39, 0.29) is 18.5 Å². The molecule has 0 aromatic carbocycles. The Hall–Kier alpha value is -1.36. The standard InChI is InChI=1S/C13H23NO4/c1-4-8-18-9-6-7-12(15)14(10-13(16)17)11(3)5-2/h4,11H,1,5-10H2,2-3H3,(H,16,17). The van der Waals surface area contributed by atoms with Crippen LogP contribution in [0.5, 0.6) is 0 Å². The van der Waals surface area contributed by atoms with Crippen molar-refractivity contribution in [1.82, 2.24) is 4.90 Å². The predicted octanol–water partition coefficient (Wildman–Crippen LogP) is 1.68. The van der Waals surface area contributed by atoms with Crippen molar-refractivity contribution < 1.29 is 19.4 Å². The first kappa shape index (κ1) is 16.6. The van der Waals surface area contributed by atoms with Gasteiger partial charge in [-0.15, -0.1) is 6.58 Å². The highest BCUT2D eigenvalue weighted by atomic mass is 16.5. The highest BCUT2D eigenvalue weighted by Gasteiger charge is 2.20. The fourth-order valence-corrected chi connectivity index (χ4v) is 1.49. The van der Waals surface area contributed by atoms with Crippen LogP contribution in [0.3, 0.4) is 0 Å². The molecule has 0 aromatic heterocycles. The van der Waals surface area contributed by atoms with E-state index < -0.39 is 5.97 Å². The highest BCUT2D eigenvalue weighted by molar-refractivity contribution is 5.81. The number of nitrogens with zero attached hydrogens (tertiary/aromatic N) is 1. The van der Waals surface area contributed by atoms with Gasteiger partial charge in [0.25, 0.3) is 0 Å². The van der Waals surface area contributed by atoms with Crippen LogP contribution in [0, 0.1) is 0 Å². The van der Waals surface area contributed by atoms with Crippen molar-refractivity contribution in [2.45, 2.75) is 39.2 Å². The lowest BCUT2D eigenvalue weighted by Crippen LogP contribution is -2.41. The summed E-state index contributed by atoms with van der Waals surface area (Å²) in [6, 6.07) is -0.0531. The maximum Gasteiger partial charge on any atom is 0.323 e. The molecule has 0 aliphatic carbocycles. The SMILES string of the molecule is C=CCOCCCC(=O)N(CC(=O)O)C(C)CC. The van der Waals surface area contributed by atoms with Crippen molar-refractivity contribution in [3.63, 3.8) is 0 Å². The van der Waals surface area contributed by atoms with E-state index in [0.29, 0.717) is 26.1 Å². The summed E-state index contributed by atoms with van der Waals surface area (Å²) >= 11 is 0. The van der Waals surface area contributed by atoms with Crippen LogP contribution in [-0.2, 0) is 14.3 Å². The van der Waals surface area contributed by atoms with Gasteiger partial charge in [0.15, 0.2) is 0 Å². The zero-order valence-electron chi connectivity index (χ0n) is 11.2. The molecule has 0 rings (SSSR count). The van der Waals surface area contributed by atoms with Crippen LogP contribution in [0.2, 0.25) is 0 Å². The molecule has 104 valence electrons. The van der Waals surface area contributed by atoms with Crippen molar-refractivity contribution in [3.05, 3.63) is 12.7 Å². The van der Waals surface area contributed by atoms with Gasteiger partial charge in [0.1, 0.15) is 6.54 Å². The Kier molecular flexibility index (Phi) is 8.92. The van der Waals surface area contributed by atoms with E-state index in [4.69, 9.17) is 9.84 Å². The van der Waals surface area contributed by atoms with Gasteiger partial charge in [0.05, 0.1) is 6.61 Å². The van der Waals surface area contributed by atoms with Crippen molar-refractivity contribution in [2.75, 3.05) is 19.8 Å². The summed E-state index contributed by atoms with van der Waals surface area (Å²) in [5.41, 5.74) is 0. The van der Waals surface area contributed by atoms with Gasteiger partial charge in [-0.3, -0.25) is 9.59 Å². The lowest BCUT2D eigenvalue weighted by Gasteiger charge is -2.27. The summed E-state index contributed by atoms with van der Waals surface area (Å²) < 4.78 is 5.18. The zero-order chi connectivity index (χ0) is 14.0. The second-order valence-electron chi connectivity index (χ2n) is 4.14. The molecule has 0 aliphatic rings. The molecule has 1 atom stereocenters. The Labute approximate surface area is 108 Å². The molecule has 0 aliphatic heterocycles. The molecule has 1 unspecified atom stereocenters. The fourth-order valence-electron chi connectivity index (χ4n) is 1.49. The summed E-state index contributed by atoms with van der Waals surface area (Å²) in [4.78, 5) is 24.0. The molecular formula is C13H23NO4. The van der Waals surface area contributed by atoms with Gasteiger partial charge in [-0.1, -0.05) is 13.0 Å². The molecular weight excluding hydrogens is 234 g/mol. The minimum absolute atomic E-state index is 0.0531. The Morgan fingerprint density at radius 1 is 1.50 bits per heavy atom. The van der Waals surface area contributed by atoms with Gasteiger partial charge < -0.3 is 14.7 Å². The van der Waals surface area contributed by atoms with Gasteiger partial charge in [-0.05, 0) is 19.8 Å². The normalized spacial score (nSPS) is 11.9. The van der Waals surface area contributed by atoms with Crippen LogP contribution in [-0.4, -0.2) is 47.7 Å². The molecule has 5 nitrogen and oxygen atoms in total. The van der Waals surface area contributed by atoms with Gasteiger partial charge in [-0.2, -0.15) is 0 Å². The first-order valence-corrected chi connectivity index (χ1v) is 6.22. The molecule has 0 aromatic rings. The number of hydrogen-bond donors (Lipinski definition) is 1. The van der Waals surface area contributed by atoms with Crippen LogP contribution in [0.15, 0.2) is 12.7 Å². The van der Waals surface area contributed by atoms with Crippen molar-refractivity contribution in [1.29, 1.82) is 0 Å². The van der Waals surface area contributed by atoms with Crippen LogP contribution < -0.4 is 0 Å². The smallest absolute Gasteiger partial charge is 0.323 e. The Morgan fingerprint density at radius 3 is 2.67 bits per heavy atom. The second-order valence-corrected chi connectivity index (χ2v) is 4.14. The number of carbonyl (C=O) groups excluding carboxylic acids is 1. The van der Waals surface area contributed by atoms with Gasteiger partial charge in [-0.25, -0.2) is 0 Å². The molecule has 0 bridgehead atoms. The number of ether oxygens (including phenoxy) is 1. The third-order valence-electron chi connectivity index (χ3n) is 2.66. The number of amides is 1. The molecule has 1 N–H and O–H groups in total. The summed E-state index contributed by atoms with van der Waals surface area (Å²) in [7, 11) is 0. The average Bonchev–Trinajstić information content (AvgIpc) is 2.34. The molecule has 0 saturated heterocycles.